The molecule has 0 aromatic heterocycles. The molecule has 0 radical (unpaired) electrons. The lowest BCUT2D eigenvalue weighted by Gasteiger charge is -2.45. The van der Waals surface area contributed by atoms with Gasteiger partial charge in [-0.2, -0.15) is 0 Å². The van der Waals surface area contributed by atoms with Crippen LogP contribution in [0.1, 0.15) is 78.6 Å². The molecule has 0 bridgehead atoms. The molecule has 0 heterocycles. The summed E-state index contributed by atoms with van der Waals surface area (Å²) >= 11 is 0. The molecule has 2 saturated carbocycles. The number of rotatable bonds is 7. The van der Waals surface area contributed by atoms with Crippen LogP contribution in [0.5, 0.6) is 0 Å². The number of ether oxygens (including phenoxy) is 1. The summed E-state index contributed by atoms with van der Waals surface area (Å²) in [6.07, 6.45) is 9.26. The zero-order valence-corrected chi connectivity index (χ0v) is 14.6. The molecule has 2 fully saturated rings. The van der Waals surface area contributed by atoms with Crippen LogP contribution in [-0.4, -0.2) is 23.8 Å². The summed E-state index contributed by atoms with van der Waals surface area (Å²) in [7, 11) is 0. The fourth-order valence-electron chi connectivity index (χ4n) is 5.18. The van der Waals surface area contributed by atoms with E-state index >= 15 is 0 Å². The number of esters is 1. The van der Waals surface area contributed by atoms with E-state index in [0.717, 1.165) is 25.7 Å². The molecule has 128 valence electrons. The monoisotopic (exact) mass is 310 g/mol. The molecule has 2 aliphatic rings. The largest absolute Gasteiger partial charge is 0.466 e. The molecule has 0 aliphatic heterocycles. The van der Waals surface area contributed by atoms with Crippen LogP contribution in [0, 0.1) is 23.2 Å². The van der Waals surface area contributed by atoms with Gasteiger partial charge in [-0.1, -0.05) is 27.2 Å². The molecule has 2 rings (SSSR count). The number of fused-ring (bicyclic) bond motifs is 1. The van der Waals surface area contributed by atoms with Crippen LogP contribution in [-0.2, 0) is 9.53 Å². The summed E-state index contributed by atoms with van der Waals surface area (Å²) < 4.78 is 5.15. The molecular formula is C19H34O3. The van der Waals surface area contributed by atoms with Crippen molar-refractivity contribution in [1.82, 2.24) is 0 Å². The molecule has 0 saturated heterocycles. The lowest BCUT2D eigenvalue weighted by molar-refractivity contribution is -0.143. The second-order valence-electron chi connectivity index (χ2n) is 7.85. The highest BCUT2D eigenvalue weighted by Gasteiger charge is 2.51. The van der Waals surface area contributed by atoms with Crippen LogP contribution in [0.4, 0.5) is 0 Å². The maximum absolute atomic E-state index is 11.6. The topological polar surface area (TPSA) is 46.5 Å². The van der Waals surface area contributed by atoms with E-state index in [1.54, 1.807) is 0 Å². The van der Waals surface area contributed by atoms with Gasteiger partial charge in [-0.3, -0.25) is 4.79 Å². The number of carbonyl (C=O) groups excluding carboxylic acids is 1. The molecular weight excluding hydrogens is 276 g/mol. The van der Waals surface area contributed by atoms with Gasteiger partial charge in [0.2, 0.25) is 0 Å². The van der Waals surface area contributed by atoms with Crippen molar-refractivity contribution in [1.29, 1.82) is 0 Å². The molecule has 3 heteroatoms. The van der Waals surface area contributed by atoms with Crippen molar-refractivity contribution in [3.63, 3.8) is 0 Å². The Kier molecular flexibility index (Phi) is 6.31. The van der Waals surface area contributed by atoms with Gasteiger partial charge in [0.1, 0.15) is 0 Å². The average Bonchev–Trinajstić information content (AvgIpc) is 2.83. The molecule has 22 heavy (non-hydrogen) atoms. The quantitative estimate of drug-likeness (QED) is 0.712. The minimum atomic E-state index is -0.0834. The van der Waals surface area contributed by atoms with Crippen molar-refractivity contribution in [2.24, 2.45) is 23.2 Å². The highest BCUT2D eigenvalue weighted by atomic mass is 16.5. The second-order valence-corrected chi connectivity index (χ2v) is 7.85. The number of carbonyl (C=O) groups is 1. The van der Waals surface area contributed by atoms with Gasteiger partial charge in [-0.25, -0.2) is 0 Å². The molecule has 0 spiro atoms. The summed E-state index contributed by atoms with van der Waals surface area (Å²) in [6, 6.07) is 0. The summed E-state index contributed by atoms with van der Waals surface area (Å²) in [6.45, 7) is 7.32. The summed E-state index contributed by atoms with van der Waals surface area (Å²) in [4.78, 5) is 11.6. The first-order valence-corrected chi connectivity index (χ1v) is 9.32. The average molecular weight is 310 g/mol. The molecule has 2 unspecified atom stereocenters. The molecule has 1 N–H and O–H groups in total. The third-order valence-electron chi connectivity index (χ3n) is 6.36. The third-order valence-corrected chi connectivity index (χ3v) is 6.36. The van der Waals surface area contributed by atoms with E-state index in [4.69, 9.17) is 4.74 Å². The Morgan fingerprint density at radius 3 is 2.86 bits per heavy atom. The van der Waals surface area contributed by atoms with Crippen LogP contribution in [0.3, 0.4) is 0 Å². The lowest BCUT2D eigenvalue weighted by Crippen LogP contribution is -2.41. The zero-order valence-electron chi connectivity index (χ0n) is 14.6. The molecule has 0 amide bonds. The van der Waals surface area contributed by atoms with E-state index < -0.39 is 0 Å². The Morgan fingerprint density at radius 2 is 2.14 bits per heavy atom. The first-order chi connectivity index (χ1) is 10.5. The molecule has 3 nitrogen and oxygen atoms in total. The van der Waals surface area contributed by atoms with Gasteiger partial charge in [-0.15, -0.1) is 0 Å². The maximum Gasteiger partial charge on any atom is 0.305 e. The van der Waals surface area contributed by atoms with Gasteiger partial charge in [-0.05, 0) is 68.1 Å². The Balaban J connectivity index is 1.80. The van der Waals surface area contributed by atoms with Crippen molar-refractivity contribution >= 4 is 5.97 Å². The second kappa shape index (κ2) is 7.81. The van der Waals surface area contributed by atoms with Crippen LogP contribution in [0.15, 0.2) is 0 Å². The van der Waals surface area contributed by atoms with E-state index in [1.165, 1.54) is 25.7 Å². The third kappa shape index (κ3) is 3.84. The number of hydrogen-bond acceptors (Lipinski definition) is 3. The van der Waals surface area contributed by atoms with Gasteiger partial charge in [0.15, 0.2) is 0 Å². The van der Waals surface area contributed by atoms with Crippen molar-refractivity contribution in [3.05, 3.63) is 0 Å². The minimum absolute atomic E-state index is 0.0438. The van der Waals surface area contributed by atoms with E-state index in [9.17, 15) is 9.90 Å². The SMILES string of the molecule is CCCOC(=O)CCC[C@H](C)C1CCC2[C@@H](O)CCC[C@]12C. The van der Waals surface area contributed by atoms with Gasteiger partial charge in [0.25, 0.3) is 0 Å². The van der Waals surface area contributed by atoms with E-state index in [2.05, 4.69) is 13.8 Å². The fourth-order valence-corrected chi connectivity index (χ4v) is 5.18. The van der Waals surface area contributed by atoms with Gasteiger partial charge in [0, 0.05) is 6.42 Å². The van der Waals surface area contributed by atoms with E-state index in [-0.39, 0.29) is 12.1 Å². The maximum atomic E-state index is 11.6. The Morgan fingerprint density at radius 1 is 1.36 bits per heavy atom. The van der Waals surface area contributed by atoms with Crippen LogP contribution in [0.25, 0.3) is 0 Å². The molecule has 5 atom stereocenters. The summed E-state index contributed by atoms with van der Waals surface area (Å²) in [5.41, 5.74) is 0.319. The van der Waals surface area contributed by atoms with Crippen LogP contribution >= 0.6 is 0 Å². The van der Waals surface area contributed by atoms with Crippen LogP contribution < -0.4 is 0 Å². The van der Waals surface area contributed by atoms with Gasteiger partial charge < -0.3 is 9.84 Å². The Labute approximate surface area is 135 Å². The van der Waals surface area contributed by atoms with Crippen LogP contribution in [0.2, 0.25) is 0 Å². The fraction of sp³-hybridized carbons (Fsp3) is 0.947. The van der Waals surface area contributed by atoms with Gasteiger partial charge >= 0.3 is 5.97 Å². The predicted octanol–water partition coefficient (Wildman–Crippen LogP) is 4.32. The normalized spacial score (nSPS) is 35.9. The lowest BCUT2D eigenvalue weighted by atomic mass is 9.61. The van der Waals surface area contributed by atoms with E-state index in [0.29, 0.717) is 36.2 Å². The van der Waals surface area contributed by atoms with Crippen molar-refractivity contribution in [2.75, 3.05) is 6.61 Å². The molecule has 0 aromatic carbocycles. The predicted molar refractivity (Wildman–Crippen MR) is 88.4 cm³/mol. The minimum Gasteiger partial charge on any atom is -0.466 e. The smallest absolute Gasteiger partial charge is 0.305 e. The van der Waals surface area contributed by atoms with Gasteiger partial charge in [0.05, 0.1) is 12.7 Å². The number of aliphatic hydroxyl groups is 1. The summed E-state index contributed by atoms with van der Waals surface area (Å²) in [5, 5.41) is 10.3. The van der Waals surface area contributed by atoms with E-state index in [1.807, 2.05) is 6.92 Å². The van der Waals surface area contributed by atoms with Crippen molar-refractivity contribution < 1.29 is 14.6 Å². The highest BCUT2D eigenvalue weighted by molar-refractivity contribution is 5.69. The standard InChI is InChI=1S/C19H34O3/c1-4-13-22-18(21)9-5-7-14(2)15-10-11-16-17(20)8-6-12-19(15,16)3/h14-17,20H,4-13H2,1-3H3/t14-,15?,16?,17-,19+/m0/s1. The zero-order chi connectivity index (χ0) is 16.2. The highest BCUT2D eigenvalue weighted by Crippen LogP contribution is 2.58. The van der Waals surface area contributed by atoms with Crippen molar-refractivity contribution in [2.45, 2.75) is 84.7 Å². The summed E-state index contributed by atoms with van der Waals surface area (Å²) in [5.74, 6) is 1.80. The first-order valence-electron chi connectivity index (χ1n) is 9.32. The van der Waals surface area contributed by atoms with Crippen molar-refractivity contribution in [3.8, 4) is 0 Å². The molecule has 0 aromatic rings. The number of aliphatic hydroxyl groups excluding tert-OH is 1. The molecule has 2 aliphatic carbocycles. The number of hydrogen-bond donors (Lipinski definition) is 1. The first kappa shape index (κ1) is 17.8. The Bertz CT molecular complexity index is 368. The Hall–Kier alpha value is -0.570.